The minimum Gasteiger partial charge on any atom is -0.481 e. The molecule has 6 nitrogen and oxygen atoms in total. The van der Waals surface area contributed by atoms with Crippen molar-refractivity contribution >= 4 is 17.8 Å². The Kier molecular flexibility index (Phi) is 5.32. The molecule has 2 saturated heterocycles. The van der Waals surface area contributed by atoms with Crippen LogP contribution in [0.5, 0.6) is 0 Å². The Morgan fingerprint density at radius 2 is 1.74 bits per heavy atom. The molecule has 0 aromatic rings. The Balaban J connectivity index is 2.02. The summed E-state index contributed by atoms with van der Waals surface area (Å²) >= 11 is 0. The van der Waals surface area contributed by atoms with Crippen LogP contribution in [0.2, 0.25) is 0 Å². The van der Waals surface area contributed by atoms with Crippen molar-refractivity contribution in [3.05, 3.63) is 0 Å². The Morgan fingerprint density at radius 3 is 2.35 bits per heavy atom. The minimum absolute atomic E-state index is 0.0279. The zero-order valence-corrected chi connectivity index (χ0v) is 14.4. The largest absolute Gasteiger partial charge is 0.481 e. The molecule has 2 rings (SSSR count). The summed E-state index contributed by atoms with van der Waals surface area (Å²) in [7, 11) is 0. The van der Waals surface area contributed by atoms with Crippen LogP contribution < -0.4 is 0 Å². The molecule has 0 radical (unpaired) electrons. The number of amides is 2. The van der Waals surface area contributed by atoms with Gasteiger partial charge in [0.05, 0.1) is 5.92 Å². The molecule has 0 aromatic heterocycles. The van der Waals surface area contributed by atoms with Gasteiger partial charge in [-0.3, -0.25) is 14.4 Å². The Labute approximate surface area is 137 Å². The first kappa shape index (κ1) is 17.8. The van der Waals surface area contributed by atoms with Gasteiger partial charge in [0.2, 0.25) is 11.8 Å². The lowest BCUT2D eigenvalue weighted by Gasteiger charge is -2.35. The molecule has 2 amide bonds. The number of nitrogens with zero attached hydrogens (tertiary/aromatic N) is 2. The van der Waals surface area contributed by atoms with Gasteiger partial charge in [0.15, 0.2) is 0 Å². The molecule has 0 saturated carbocycles. The number of carbonyl (C=O) groups excluding carboxylic acids is 2. The zero-order valence-electron chi connectivity index (χ0n) is 14.4. The van der Waals surface area contributed by atoms with Crippen LogP contribution in [0.15, 0.2) is 0 Å². The maximum absolute atomic E-state index is 12.8. The minimum atomic E-state index is -0.838. The number of rotatable bonds is 3. The van der Waals surface area contributed by atoms with Crippen molar-refractivity contribution in [2.75, 3.05) is 19.6 Å². The highest BCUT2D eigenvalue weighted by Gasteiger charge is 2.39. The van der Waals surface area contributed by atoms with E-state index in [1.54, 1.807) is 9.80 Å². The van der Waals surface area contributed by atoms with E-state index in [2.05, 4.69) is 0 Å². The maximum Gasteiger partial charge on any atom is 0.308 e. The first-order valence-electron chi connectivity index (χ1n) is 8.50. The number of carbonyl (C=O) groups is 3. The Hall–Kier alpha value is -1.59. The summed E-state index contributed by atoms with van der Waals surface area (Å²) in [5.41, 5.74) is -0.104. The maximum atomic E-state index is 12.8. The highest BCUT2D eigenvalue weighted by atomic mass is 16.4. The van der Waals surface area contributed by atoms with E-state index in [4.69, 9.17) is 5.11 Å². The highest BCUT2D eigenvalue weighted by molar-refractivity contribution is 5.89. The summed E-state index contributed by atoms with van der Waals surface area (Å²) in [6, 6.07) is -0.405. The van der Waals surface area contributed by atoms with Crippen LogP contribution in [0.4, 0.5) is 0 Å². The SMILES string of the molecule is CC(C)(C)CC(=O)N1CCCC1C(=O)N1CCCC(C(=O)O)C1. The smallest absolute Gasteiger partial charge is 0.308 e. The second-order valence-corrected chi connectivity index (χ2v) is 7.94. The third-order valence-corrected chi connectivity index (χ3v) is 4.62. The molecule has 2 aliphatic heterocycles. The fourth-order valence-corrected chi connectivity index (χ4v) is 3.47. The summed E-state index contributed by atoms with van der Waals surface area (Å²) in [6.45, 7) is 7.54. The van der Waals surface area contributed by atoms with Gasteiger partial charge in [0.25, 0.3) is 0 Å². The summed E-state index contributed by atoms with van der Waals surface area (Å²) in [4.78, 5) is 39.8. The Morgan fingerprint density at radius 1 is 1.09 bits per heavy atom. The first-order valence-corrected chi connectivity index (χ1v) is 8.50. The van der Waals surface area contributed by atoms with Gasteiger partial charge in [-0.1, -0.05) is 20.8 Å². The monoisotopic (exact) mass is 324 g/mol. The van der Waals surface area contributed by atoms with E-state index in [1.165, 1.54) is 0 Å². The van der Waals surface area contributed by atoms with Crippen molar-refractivity contribution in [2.24, 2.45) is 11.3 Å². The molecule has 2 fully saturated rings. The second kappa shape index (κ2) is 6.89. The fraction of sp³-hybridized carbons (Fsp3) is 0.824. The van der Waals surface area contributed by atoms with Crippen LogP contribution in [0, 0.1) is 11.3 Å². The van der Waals surface area contributed by atoms with Crippen molar-refractivity contribution < 1.29 is 19.5 Å². The first-order chi connectivity index (χ1) is 10.7. The second-order valence-electron chi connectivity index (χ2n) is 7.94. The molecule has 23 heavy (non-hydrogen) atoms. The van der Waals surface area contributed by atoms with Gasteiger partial charge < -0.3 is 14.9 Å². The van der Waals surface area contributed by atoms with Crippen molar-refractivity contribution in [2.45, 2.75) is 58.9 Å². The molecule has 0 bridgehead atoms. The van der Waals surface area contributed by atoms with Crippen LogP contribution in [-0.4, -0.2) is 58.4 Å². The third-order valence-electron chi connectivity index (χ3n) is 4.62. The van der Waals surface area contributed by atoms with Crippen LogP contribution in [0.1, 0.15) is 52.9 Å². The number of piperidine rings is 1. The summed E-state index contributed by atoms with van der Waals surface area (Å²) < 4.78 is 0. The van der Waals surface area contributed by atoms with Gasteiger partial charge in [-0.2, -0.15) is 0 Å². The van der Waals surface area contributed by atoms with Crippen LogP contribution >= 0.6 is 0 Å². The van der Waals surface area contributed by atoms with Gasteiger partial charge in [-0.05, 0) is 31.1 Å². The standard InChI is InChI=1S/C17H28N2O4/c1-17(2,3)10-14(20)19-9-5-7-13(19)15(21)18-8-4-6-12(11-18)16(22)23/h12-13H,4-11H2,1-3H3,(H,22,23). The van der Waals surface area contributed by atoms with Crippen molar-refractivity contribution in [1.29, 1.82) is 0 Å². The summed E-state index contributed by atoms with van der Waals surface area (Å²) in [5, 5.41) is 9.17. The van der Waals surface area contributed by atoms with E-state index in [-0.39, 0.29) is 23.8 Å². The molecular weight excluding hydrogens is 296 g/mol. The van der Waals surface area contributed by atoms with Crippen LogP contribution in [-0.2, 0) is 14.4 Å². The average molecular weight is 324 g/mol. The quantitative estimate of drug-likeness (QED) is 0.858. The van der Waals surface area contributed by atoms with Crippen molar-refractivity contribution in [3.63, 3.8) is 0 Å². The van der Waals surface area contributed by atoms with Crippen LogP contribution in [0.3, 0.4) is 0 Å². The molecule has 2 atom stereocenters. The number of hydrogen-bond donors (Lipinski definition) is 1. The lowest BCUT2D eigenvalue weighted by Crippen LogP contribution is -2.51. The molecule has 0 spiro atoms. The van der Waals surface area contributed by atoms with Gasteiger partial charge >= 0.3 is 5.97 Å². The number of hydrogen-bond acceptors (Lipinski definition) is 3. The van der Waals surface area contributed by atoms with E-state index in [9.17, 15) is 14.4 Å². The van der Waals surface area contributed by atoms with E-state index in [0.29, 0.717) is 38.8 Å². The van der Waals surface area contributed by atoms with Crippen LogP contribution in [0.25, 0.3) is 0 Å². The van der Waals surface area contributed by atoms with E-state index in [0.717, 1.165) is 6.42 Å². The molecule has 2 unspecified atom stereocenters. The van der Waals surface area contributed by atoms with E-state index in [1.807, 2.05) is 20.8 Å². The molecule has 2 aliphatic rings. The fourth-order valence-electron chi connectivity index (χ4n) is 3.47. The molecule has 1 N–H and O–H groups in total. The molecule has 0 aromatic carbocycles. The topological polar surface area (TPSA) is 77.9 Å². The normalized spacial score (nSPS) is 25.5. The van der Waals surface area contributed by atoms with Crippen molar-refractivity contribution in [1.82, 2.24) is 9.80 Å². The number of aliphatic carboxylic acids is 1. The van der Waals surface area contributed by atoms with Gasteiger partial charge in [-0.25, -0.2) is 0 Å². The van der Waals surface area contributed by atoms with Crippen molar-refractivity contribution in [3.8, 4) is 0 Å². The summed E-state index contributed by atoms with van der Waals surface area (Å²) in [5.74, 6) is -1.36. The lowest BCUT2D eigenvalue weighted by atomic mass is 9.91. The molecule has 130 valence electrons. The third kappa shape index (κ3) is 4.45. The number of likely N-dealkylation sites (tertiary alicyclic amines) is 2. The number of carboxylic acids is 1. The van der Waals surface area contributed by atoms with Gasteiger partial charge in [-0.15, -0.1) is 0 Å². The molecule has 0 aliphatic carbocycles. The average Bonchev–Trinajstić information content (AvgIpc) is 2.94. The van der Waals surface area contributed by atoms with Gasteiger partial charge in [0, 0.05) is 26.1 Å². The molecule has 6 heteroatoms. The predicted molar refractivity (Wildman–Crippen MR) is 85.7 cm³/mol. The van der Waals surface area contributed by atoms with E-state index < -0.39 is 17.9 Å². The Bertz CT molecular complexity index is 483. The lowest BCUT2D eigenvalue weighted by molar-refractivity contribution is -0.150. The number of carboxylic acid groups (broad SMARTS) is 1. The summed E-state index contributed by atoms with van der Waals surface area (Å²) in [6.07, 6.45) is 3.28. The van der Waals surface area contributed by atoms with Gasteiger partial charge in [0.1, 0.15) is 6.04 Å². The predicted octanol–water partition coefficient (Wildman–Crippen LogP) is 1.74. The zero-order chi connectivity index (χ0) is 17.2. The highest BCUT2D eigenvalue weighted by Crippen LogP contribution is 2.27. The molecule has 2 heterocycles. The molecular formula is C17H28N2O4. The van der Waals surface area contributed by atoms with E-state index >= 15 is 0 Å².